The van der Waals surface area contributed by atoms with Crippen molar-refractivity contribution in [2.24, 2.45) is 5.41 Å². The van der Waals surface area contributed by atoms with E-state index in [-0.39, 0.29) is 5.41 Å². The summed E-state index contributed by atoms with van der Waals surface area (Å²) in [6.07, 6.45) is 1.11. The predicted octanol–water partition coefficient (Wildman–Crippen LogP) is 2.03. The highest BCUT2D eigenvalue weighted by Crippen LogP contribution is 2.20. The number of rotatable bonds is 7. The van der Waals surface area contributed by atoms with Crippen molar-refractivity contribution in [3.05, 3.63) is 5.89 Å². The van der Waals surface area contributed by atoms with Gasteiger partial charge < -0.3 is 15.1 Å². The summed E-state index contributed by atoms with van der Waals surface area (Å²) in [4.78, 5) is 0. The van der Waals surface area contributed by atoms with E-state index in [1.807, 2.05) is 6.92 Å². The molecule has 0 aliphatic heterocycles. The number of hydrogen-bond acceptors (Lipinski definition) is 5. The first-order valence-electron chi connectivity index (χ1n) is 5.84. The number of nitrogens with zero attached hydrogens (tertiary/aromatic N) is 2. The van der Waals surface area contributed by atoms with Crippen LogP contribution in [0.15, 0.2) is 4.42 Å². The molecule has 0 bridgehead atoms. The molecule has 1 heterocycles. The lowest BCUT2D eigenvalue weighted by molar-refractivity contribution is 0.370. The van der Waals surface area contributed by atoms with Crippen molar-refractivity contribution in [3.63, 3.8) is 0 Å². The van der Waals surface area contributed by atoms with E-state index in [1.54, 1.807) is 0 Å². The van der Waals surface area contributed by atoms with E-state index in [0.717, 1.165) is 19.5 Å². The Morgan fingerprint density at radius 1 is 1.25 bits per heavy atom. The van der Waals surface area contributed by atoms with Gasteiger partial charge in [-0.05, 0) is 18.4 Å². The molecule has 0 saturated heterocycles. The highest BCUT2D eigenvalue weighted by molar-refractivity contribution is 5.17. The molecule has 0 amide bonds. The van der Waals surface area contributed by atoms with Crippen LogP contribution in [0.25, 0.3) is 0 Å². The van der Waals surface area contributed by atoms with Gasteiger partial charge in [0.15, 0.2) is 0 Å². The molecule has 0 fully saturated rings. The van der Waals surface area contributed by atoms with Crippen molar-refractivity contribution >= 4 is 6.01 Å². The summed E-state index contributed by atoms with van der Waals surface area (Å²) in [7, 11) is 0. The summed E-state index contributed by atoms with van der Waals surface area (Å²) >= 11 is 0. The minimum atomic E-state index is 0.246. The van der Waals surface area contributed by atoms with E-state index < -0.39 is 0 Å². The van der Waals surface area contributed by atoms with Crippen molar-refractivity contribution < 1.29 is 4.42 Å². The van der Waals surface area contributed by atoms with E-state index in [9.17, 15) is 0 Å². The molecule has 92 valence electrons. The van der Waals surface area contributed by atoms with Gasteiger partial charge in [0.05, 0.1) is 6.54 Å². The average Bonchev–Trinajstić information content (AvgIpc) is 2.72. The van der Waals surface area contributed by atoms with E-state index in [1.165, 1.54) is 0 Å². The molecule has 0 atom stereocenters. The second-order valence-corrected chi connectivity index (χ2v) is 4.65. The Morgan fingerprint density at radius 2 is 2.00 bits per heavy atom. The fourth-order valence-electron chi connectivity index (χ4n) is 1.07. The van der Waals surface area contributed by atoms with Crippen molar-refractivity contribution in [2.75, 3.05) is 18.4 Å². The molecular weight excluding hydrogens is 204 g/mol. The minimum absolute atomic E-state index is 0.246. The molecular formula is C11H22N4O. The molecule has 0 spiro atoms. The van der Waals surface area contributed by atoms with Crippen LogP contribution in [0.2, 0.25) is 0 Å². The highest BCUT2D eigenvalue weighted by atomic mass is 16.4. The Labute approximate surface area is 97.0 Å². The number of anilines is 1. The van der Waals surface area contributed by atoms with Crippen LogP contribution in [0.5, 0.6) is 0 Å². The van der Waals surface area contributed by atoms with Crippen LogP contribution >= 0.6 is 0 Å². The van der Waals surface area contributed by atoms with Gasteiger partial charge in [-0.25, -0.2) is 0 Å². The molecule has 0 unspecified atom stereocenters. The van der Waals surface area contributed by atoms with E-state index in [4.69, 9.17) is 4.42 Å². The number of aromatic nitrogens is 2. The van der Waals surface area contributed by atoms with Crippen LogP contribution in [0.1, 0.15) is 40.0 Å². The Balaban J connectivity index is 2.40. The molecule has 0 saturated carbocycles. The quantitative estimate of drug-likeness (QED) is 0.745. The second-order valence-electron chi connectivity index (χ2n) is 4.65. The molecule has 1 aromatic rings. The zero-order chi connectivity index (χ0) is 12.0. The van der Waals surface area contributed by atoms with Crippen LogP contribution in [0.4, 0.5) is 6.01 Å². The fourth-order valence-corrected chi connectivity index (χ4v) is 1.07. The van der Waals surface area contributed by atoms with Crippen molar-refractivity contribution in [1.29, 1.82) is 0 Å². The first-order valence-corrected chi connectivity index (χ1v) is 5.84. The molecule has 16 heavy (non-hydrogen) atoms. The maximum atomic E-state index is 5.43. The maximum absolute atomic E-state index is 5.43. The summed E-state index contributed by atoms with van der Waals surface area (Å²) in [5.41, 5.74) is 0.246. The van der Waals surface area contributed by atoms with Crippen molar-refractivity contribution in [3.8, 4) is 0 Å². The molecule has 0 aliphatic carbocycles. The monoisotopic (exact) mass is 226 g/mol. The Bertz CT molecular complexity index is 309. The predicted molar refractivity (Wildman–Crippen MR) is 64.2 cm³/mol. The van der Waals surface area contributed by atoms with Crippen molar-refractivity contribution in [1.82, 2.24) is 15.5 Å². The van der Waals surface area contributed by atoms with E-state index in [0.29, 0.717) is 18.5 Å². The van der Waals surface area contributed by atoms with Crippen LogP contribution in [0, 0.1) is 5.41 Å². The Morgan fingerprint density at radius 3 is 2.62 bits per heavy atom. The summed E-state index contributed by atoms with van der Waals surface area (Å²) < 4.78 is 5.43. The van der Waals surface area contributed by atoms with E-state index in [2.05, 4.69) is 41.6 Å². The number of nitrogens with one attached hydrogen (secondary N) is 2. The Hall–Kier alpha value is -1.10. The topological polar surface area (TPSA) is 63.0 Å². The molecule has 1 rings (SSSR count). The zero-order valence-electron chi connectivity index (χ0n) is 10.6. The lowest BCUT2D eigenvalue weighted by Crippen LogP contribution is -2.22. The molecule has 5 heteroatoms. The normalized spacial score (nSPS) is 11.8. The van der Waals surface area contributed by atoms with Crippen LogP contribution < -0.4 is 10.6 Å². The minimum Gasteiger partial charge on any atom is -0.407 e. The number of hydrogen-bond donors (Lipinski definition) is 2. The standard InChI is InChI=1S/C11H22N4O/c1-5-11(3,4)8-13-10-15-14-9(16-10)7-12-6-2/h12H,5-8H2,1-4H3,(H,13,15). The first kappa shape index (κ1) is 13.0. The van der Waals surface area contributed by atoms with Crippen molar-refractivity contribution in [2.45, 2.75) is 40.7 Å². The molecule has 1 aromatic heterocycles. The summed E-state index contributed by atoms with van der Waals surface area (Å²) in [5, 5.41) is 14.2. The summed E-state index contributed by atoms with van der Waals surface area (Å²) in [6.45, 7) is 11.0. The summed E-state index contributed by atoms with van der Waals surface area (Å²) in [5.74, 6) is 0.624. The smallest absolute Gasteiger partial charge is 0.315 e. The average molecular weight is 226 g/mol. The highest BCUT2D eigenvalue weighted by Gasteiger charge is 2.16. The van der Waals surface area contributed by atoms with Gasteiger partial charge in [0, 0.05) is 6.54 Å². The third-order valence-electron chi connectivity index (χ3n) is 2.67. The van der Waals surface area contributed by atoms with Gasteiger partial charge in [-0.15, -0.1) is 5.10 Å². The third-order valence-corrected chi connectivity index (χ3v) is 2.67. The molecule has 2 N–H and O–H groups in total. The zero-order valence-corrected chi connectivity index (χ0v) is 10.6. The fraction of sp³-hybridized carbons (Fsp3) is 0.818. The van der Waals surface area contributed by atoms with Gasteiger partial charge in [-0.3, -0.25) is 0 Å². The first-order chi connectivity index (χ1) is 7.57. The van der Waals surface area contributed by atoms with Gasteiger partial charge >= 0.3 is 6.01 Å². The lowest BCUT2D eigenvalue weighted by Gasteiger charge is -2.21. The molecule has 5 nitrogen and oxygen atoms in total. The second kappa shape index (κ2) is 5.84. The maximum Gasteiger partial charge on any atom is 0.315 e. The van der Waals surface area contributed by atoms with Crippen LogP contribution in [0.3, 0.4) is 0 Å². The third kappa shape index (κ3) is 4.18. The van der Waals surface area contributed by atoms with Crippen LogP contribution in [-0.2, 0) is 6.54 Å². The molecule has 0 aromatic carbocycles. The van der Waals surface area contributed by atoms with E-state index >= 15 is 0 Å². The Kier molecular flexibility index (Phi) is 4.73. The largest absolute Gasteiger partial charge is 0.407 e. The van der Waals surface area contributed by atoms with Gasteiger partial charge in [0.1, 0.15) is 0 Å². The molecule has 0 aliphatic rings. The molecule has 0 radical (unpaired) electrons. The SMILES string of the molecule is CCNCc1nnc(NCC(C)(C)CC)o1. The van der Waals surface area contributed by atoms with Gasteiger partial charge in [-0.2, -0.15) is 0 Å². The summed E-state index contributed by atoms with van der Waals surface area (Å²) in [6, 6.07) is 0.509. The van der Waals surface area contributed by atoms with Gasteiger partial charge in [0.25, 0.3) is 0 Å². The van der Waals surface area contributed by atoms with Gasteiger partial charge in [0.2, 0.25) is 5.89 Å². The lowest BCUT2D eigenvalue weighted by atomic mass is 9.90. The van der Waals surface area contributed by atoms with Gasteiger partial charge in [-0.1, -0.05) is 32.8 Å². The van der Waals surface area contributed by atoms with Crippen LogP contribution in [-0.4, -0.2) is 23.3 Å².